The van der Waals surface area contributed by atoms with Gasteiger partial charge in [-0.2, -0.15) is 0 Å². The second-order valence-corrected chi connectivity index (χ2v) is 9.02. The van der Waals surface area contributed by atoms with Crippen molar-refractivity contribution in [1.29, 1.82) is 0 Å². The first-order valence-corrected chi connectivity index (χ1v) is 10.9. The van der Waals surface area contributed by atoms with Gasteiger partial charge in [0, 0.05) is 29.9 Å². The molecule has 0 saturated carbocycles. The summed E-state index contributed by atoms with van der Waals surface area (Å²) < 4.78 is 25.2. The van der Waals surface area contributed by atoms with Crippen LogP contribution in [0.3, 0.4) is 0 Å². The number of benzene rings is 2. The topological polar surface area (TPSA) is 68.2 Å². The van der Waals surface area contributed by atoms with Gasteiger partial charge >= 0.3 is 0 Å². The number of sulfone groups is 1. The van der Waals surface area contributed by atoms with Gasteiger partial charge in [0.15, 0.2) is 9.84 Å². The Morgan fingerprint density at radius 1 is 1.00 bits per heavy atom. The standard InChI is InChI=1S/C22H24N2O3S/c1-15-7-5-6-8-21(15)24-16(2)13-20(17(24)3)22(25)23-14-18-9-11-19(12-10-18)28(4,26)27/h5-13H,14H2,1-4H3,(H,23,25). The molecule has 2 aromatic carbocycles. The molecule has 0 aliphatic rings. The van der Waals surface area contributed by atoms with Crippen LogP contribution in [0.4, 0.5) is 0 Å². The molecule has 3 aromatic rings. The van der Waals surface area contributed by atoms with Crippen molar-refractivity contribution < 1.29 is 13.2 Å². The van der Waals surface area contributed by atoms with Gasteiger partial charge in [-0.3, -0.25) is 4.79 Å². The highest BCUT2D eigenvalue weighted by molar-refractivity contribution is 7.90. The molecule has 1 heterocycles. The van der Waals surface area contributed by atoms with Crippen molar-refractivity contribution in [2.75, 3.05) is 6.26 Å². The highest BCUT2D eigenvalue weighted by atomic mass is 32.2. The van der Waals surface area contributed by atoms with E-state index < -0.39 is 9.84 Å². The third kappa shape index (κ3) is 4.02. The lowest BCUT2D eigenvalue weighted by molar-refractivity contribution is 0.0950. The number of hydrogen-bond acceptors (Lipinski definition) is 3. The molecule has 5 nitrogen and oxygen atoms in total. The number of aryl methyl sites for hydroxylation is 2. The lowest BCUT2D eigenvalue weighted by Gasteiger charge is -2.13. The van der Waals surface area contributed by atoms with Crippen molar-refractivity contribution in [3.05, 3.63) is 82.7 Å². The molecular formula is C22H24N2O3S. The molecular weight excluding hydrogens is 372 g/mol. The highest BCUT2D eigenvalue weighted by Gasteiger charge is 2.17. The van der Waals surface area contributed by atoms with Gasteiger partial charge in [0.25, 0.3) is 5.91 Å². The normalized spacial score (nSPS) is 11.4. The average Bonchev–Trinajstić information content (AvgIpc) is 2.94. The molecule has 28 heavy (non-hydrogen) atoms. The van der Waals surface area contributed by atoms with Crippen LogP contribution in [-0.4, -0.2) is 25.1 Å². The maximum atomic E-state index is 12.7. The van der Waals surface area contributed by atoms with Crippen molar-refractivity contribution in [3.63, 3.8) is 0 Å². The molecule has 0 unspecified atom stereocenters. The van der Waals surface area contributed by atoms with Gasteiger partial charge in [-0.1, -0.05) is 30.3 Å². The molecule has 0 fully saturated rings. The zero-order chi connectivity index (χ0) is 20.5. The molecule has 3 rings (SSSR count). The Morgan fingerprint density at radius 3 is 2.25 bits per heavy atom. The fourth-order valence-corrected chi connectivity index (χ4v) is 3.94. The number of nitrogens with zero attached hydrogens (tertiary/aromatic N) is 1. The van der Waals surface area contributed by atoms with E-state index in [-0.39, 0.29) is 10.8 Å². The van der Waals surface area contributed by atoms with Crippen molar-refractivity contribution in [2.24, 2.45) is 0 Å². The second-order valence-electron chi connectivity index (χ2n) is 7.01. The molecule has 0 aliphatic heterocycles. The van der Waals surface area contributed by atoms with Crippen LogP contribution in [-0.2, 0) is 16.4 Å². The fraction of sp³-hybridized carbons (Fsp3) is 0.227. The van der Waals surface area contributed by atoms with Crippen molar-refractivity contribution >= 4 is 15.7 Å². The van der Waals surface area contributed by atoms with Gasteiger partial charge in [-0.25, -0.2) is 8.42 Å². The van der Waals surface area contributed by atoms with Crippen LogP contribution in [0.1, 0.15) is 32.9 Å². The minimum Gasteiger partial charge on any atom is -0.348 e. The molecule has 1 N–H and O–H groups in total. The summed E-state index contributed by atoms with van der Waals surface area (Å²) in [5, 5.41) is 2.92. The van der Waals surface area contributed by atoms with Gasteiger partial charge in [0.2, 0.25) is 0 Å². The molecule has 0 saturated heterocycles. The van der Waals surface area contributed by atoms with Gasteiger partial charge in [0.05, 0.1) is 10.5 Å². The summed E-state index contributed by atoms with van der Waals surface area (Å²) in [7, 11) is -3.22. The van der Waals surface area contributed by atoms with E-state index in [4.69, 9.17) is 0 Å². The van der Waals surface area contributed by atoms with E-state index in [0.29, 0.717) is 12.1 Å². The van der Waals surface area contributed by atoms with Gasteiger partial charge in [-0.05, 0) is 56.2 Å². The molecule has 0 spiro atoms. The lowest BCUT2D eigenvalue weighted by atomic mass is 10.2. The largest absolute Gasteiger partial charge is 0.348 e. The minimum absolute atomic E-state index is 0.153. The zero-order valence-electron chi connectivity index (χ0n) is 16.5. The number of nitrogens with one attached hydrogen (secondary N) is 1. The summed E-state index contributed by atoms with van der Waals surface area (Å²) in [5.41, 5.74) is 5.56. The minimum atomic E-state index is -3.22. The predicted molar refractivity (Wildman–Crippen MR) is 111 cm³/mol. The second kappa shape index (κ2) is 7.64. The summed E-state index contributed by atoms with van der Waals surface area (Å²) >= 11 is 0. The van der Waals surface area contributed by atoms with E-state index in [1.54, 1.807) is 24.3 Å². The number of carbonyl (C=O) groups is 1. The first kappa shape index (κ1) is 19.9. The molecule has 1 amide bonds. The first-order chi connectivity index (χ1) is 13.2. The number of hydrogen-bond donors (Lipinski definition) is 1. The number of amides is 1. The monoisotopic (exact) mass is 396 g/mol. The molecule has 0 bridgehead atoms. The van der Waals surface area contributed by atoms with Gasteiger partial charge < -0.3 is 9.88 Å². The third-order valence-electron chi connectivity index (χ3n) is 4.84. The van der Waals surface area contributed by atoms with E-state index >= 15 is 0 Å². The third-order valence-corrected chi connectivity index (χ3v) is 5.97. The van der Waals surface area contributed by atoms with Crippen LogP contribution in [0.15, 0.2) is 59.5 Å². The Kier molecular flexibility index (Phi) is 5.42. The van der Waals surface area contributed by atoms with Crippen LogP contribution in [0, 0.1) is 20.8 Å². The Labute approximate surface area is 165 Å². The van der Waals surface area contributed by atoms with Crippen molar-refractivity contribution in [1.82, 2.24) is 9.88 Å². The Hall–Kier alpha value is -2.86. The van der Waals surface area contributed by atoms with E-state index in [9.17, 15) is 13.2 Å². The molecule has 1 aromatic heterocycles. The van der Waals surface area contributed by atoms with Gasteiger partial charge in [0.1, 0.15) is 0 Å². The summed E-state index contributed by atoms with van der Waals surface area (Å²) in [6.07, 6.45) is 1.17. The Balaban J connectivity index is 1.79. The van der Waals surface area contributed by atoms with Crippen molar-refractivity contribution in [3.8, 4) is 5.69 Å². The molecule has 6 heteroatoms. The summed E-state index contributed by atoms with van der Waals surface area (Å²) in [6, 6.07) is 16.5. The first-order valence-electron chi connectivity index (χ1n) is 9.00. The van der Waals surface area contributed by atoms with E-state index in [1.165, 1.54) is 6.26 Å². The van der Waals surface area contributed by atoms with Crippen molar-refractivity contribution in [2.45, 2.75) is 32.2 Å². The lowest BCUT2D eigenvalue weighted by Crippen LogP contribution is -2.23. The molecule has 146 valence electrons. The Morgan fingerprint density at radius 2 is 1.64 bits per heavy atom. The predicted octanol–water partition coefficient (Wildman–Crippen LogP) is 3.74. The quantitative estimate of drug-likeness (QED) is 0.714. The number of aromatic nitrogens is 1. The molecule has 0 radical (unpaired) electrons. The smallest absolute Gasteiger partial charge is 0.253 e. The van der Waals surface area contributed by atoms with Gasteiger partial charge in [-0.15, -0.1) is 0 Å². The average molecular weight is 397 g/mol. The molecule has 0 atom stereocenters. The van der Waals surface area contributed by atoms with E-state index in [2.05, 4.69) is 9.88 Å². The highest BCUT2D eigenvalue weighted by Crippen LogP contribution is 2.23. The van der Waals surface area contributed by atoms with Crippen LogP contribution in [0.25, 0.3) is 5.69 Å². The fourth-order valence-electron chi connectivity index (χ4n) is 3.31. The van der Waals surface area contributed by atoms with Crippen LogP contribution < -0.4 is 5.32 Å². The maximum Gasteiger partial charge on any atom is 0.253 e. The molecule has 0 aliphatic carbocycles. The van der Waals surface area contributed by atoms with Crippen LogP contribution in [0.5, 0.6) is 0 Å². The van der Waals surface area contributed by atoms with E-state index in [1.807, 2.05) is 51.1 Å². The number of rotatable bonds is 5. The summed E-state index contributed by atoms with van der Waals surface area (Å²) in [6.45, 7) is 6.31. The van der Waals surface area contributed by atoms with Crippen LogP contribution in [0.2, 0.25) is 0 Å². The summed E-state index contributed by atoms with van der Waals surface area (Å²) in [5.74, 6) is -0.153. The van der Waals surface area contributed by atoms with E-state index in [0.717, 1.165) is 28.2 Å². The Bertz CT molecular complexity index is 1130. The number of para-hydroxylation sites is 1. The summed E-state index contributed by atoms with van der Waals surface area (Å²) in [4.78, 5) is 13.0. The SMILES string of the molecule is Cc1ccccc1-n1c(C)cc(C(=O)NCc2ccc(S(C)(=O)=O)cc2)c1C. The van der Waals surface area contributed by atoms with Crippen LogP contribution >= 0.6 is 0 Å². The zero-order valence-corrected chi connectivity index (χ0v) is 17.3. The number of carbonyl (C=O) groups excluding carboxylic acids is 1. The maximum absolute atomic E-state index is 12.7.